The van der Waals surface area contributed by atoms with Crippen LogP contribution in [0.25, 0.3) is 64.7 Å². The Bertz CT molecular complexity index is 3010. The molecule has 1 unspecified atom stereocenters. The normalized spacial score (nSPS) is 14.4. The highest BCUT2D eigenvalue weighted by Gasteiger charge is 2.41. The highest BCUT2D eigenvalue weighted by molar-refractivity contribution is 7.25. The van der Waals surface area contributed by atoms with E-state index in [0.717, 1.165) is 17.1 Å². The molecule has 0 spiro atoms. The van der Waals surface area contributed by atoms with Crippen molar-refractivity contribution in [3.63, 3.8) is 0 Å². The Morgan fingerprint density at radius 3 is 1.43 bits per heavy atom. The third-order valence-electron chi connectivity index (χ3n) is 12.2. The van der Waals surface area contributed by atoms with Crippen molar-refractivity contribution in [2.75, 3.05) is 4.90 Å². The van der Waals surface area contributed by atoms with E-state index in [1.54, 1.807) is 0 Å². The summed E-state index contributed by atoms with van der Waals surface area (Å²) in [5, 5.41) is 2.67. The lowest BCUT2D eigenvalue weighted by molar-refractivity contribution is 0.715. The monoisotopic (exact) mass is 757 g/mol. The van der Waals surface area contributed by atoms with Crippen LogP contribution in [-0.2, 0) is 5.41 Å². The van der Waals surface area contributed by atoms with Gasteiger partial charge in [-0.1, -0.05) is 164 Å². The quantitative estimate of drug-likeness (QED) is 0.156. The molecule has 58 heavy (non-hydrogen) atoms. The van der Waals surface area contributed by atoms with Gasteiger partial charge in [-0.2, -0.15) is 0 Å². The van der Waals surface area contributed by atoms with Crippen LogP contribution in [0.1, 0.15) is 23.6 Å². The lowest BCUT2D eigenvalue weighted by Crippen LogP contribution is -2.22. The fourth-order valence-corrected chi connectivity index (χ4v) is 10.3. The first-order valence-corrected chi connectivity index (χ1v) is 20.8. The first-order valence-electron chi connectivity index (χ1n) is 20.0. The number of benzene rings is 9. The summed E-state index contributed by atoms with van der Waals surface area (Å²) < 4.78 is 2.68. The molecule has 0 amide bonds. The third-order valence-corrected chi connectivity index (χ3v) is 13.3. The van der Waals surface area contributed by atoms with Gasteiger partial charge in [-0.15, -0.1) is 11.3 Å². The summed E-state index contributed by atoms with van der Waals surface area (Å²) in [7, 11) is 0. The molecule has 1 nitrogen and oxygen atoms in total. The lowest BCUT2D eigenvalue weighted by atomic mass is 9.73. The van der Waals surface area contributed by atoms with Crippen molar-refractivity contribution in [3.8, 4) is 44.5 Å². The summed E-state index contributed by atoms with van der Waals surface area (Å²) in [6.07, 6.45) is 0. The number of rotatable bonds is 7. The van der Waals surface area contributed by atoms with Gasteiger partial charge in [0, 0.05) is 42.6 Å². The summed E-state index contributed by atoms with van der Waals surface area (Å²) in [5.74, 6) is 0. The Kier molecular flexibility index (Phi) is 8.20. The van der Waals surface area contributed by atoms with Crippen LogP contribution in [0.2, 0.25) is 0 Å². The summed E-state index contributed by atoms with van der Waals surface area (Å²) in [4.78, 5) is 2.36. The largest absolute Gasteiger partial charge is 0.311 e. The summed E-state index contributed by atoms with van der Waals surface area (Å²) >= 11 is 1.89. The second-order valence-electron chi connectivity index (χ2n) is 15.4. The van der Waals surface area contributed by atoms with Gasteiger partial charge in [0.25, 0.3) is 0 Å². The van der Waals surface area contributed by atoms with Gasteiger partial charge >= 0.3 is 0 Å². The van der Waals surface area contributed by atoms with Gasteiger partial charge in [0.15, 0.2) is 0 Å². The maximum atomic E-state index is 2.45. The second-order valence-corrected chi connectivity index (χ2v) is 16.5. The Balaban J connectivity index is 0.978. The zero-order valence-electron chi connectivity index (χ0n) is 32.1. The van der Waals surface area contributed by atoms with Crippen LogP contribution in [0.4, 0.5) is 17.1 Å². The molecule has 1 atom stereocenters. The standard InChI is InChI=1S/C56H39NS/c1-56(44-27-35-51-50-17-9-11-19-54(50)58-55(51)37-44)52-18-10-8-16-48(52)49-34-26-43(36-53(49)56)42-24-32-47(33-25-42)57(45-28-20-40(21-29-45)38-12-4-2-5-13-38)46-30-22-41(23-31-46)39-14-6-3-7-15-39/h2-37H,1H3. The van der Waals surface area contributed by atoms with E-state index in [0.29, 0.717) is 0 Å². The molecule has 0 saturated heterocycles. The van der Waals surface area contributed by atoms with Gasteiger partial charge in [-0.05, 0) is 123 Å². The van der Waals surface area contributed by atoms with Crippen molar-refractivity contribution in [1.82, 2.24) is 0 Å². The van der Waals surface area contributed by atoms with Crippen molar-refractivity contribution in [1.29, 1.82) is 0 Å². The van der Waals surface area contributed by atoms with E-state index in [2.05, 4.69) is 230 Å². The molecule has 9 aromatic carbocycles. The maximum Gasteiger partial charge on any atom is 0.0462 e. The predicted molar refractivity (Wildman–Crippen MR) is 248 cm³/mol. The highest BCUT2D eigenvalue weighted by atomic mass is 32.1. The van der Waals surface area contributed by atoms with E-state index in [4.69, 9.17) is 0 Å². The number of fused-ring (bicyclic) bond motifs is 6. The van der Waals surface area contributed by atoms with E-state index in [1.807, 2.05) is 11.3 Å². The molecule has 274 valence electrons. The molecule has 0 radical (unpaired) electrons. The van der Waals surface area contributed by atoms with E-state index in [9.17, 15) is 0 Å². The molecule has 2 heteroatoms. The van der Waals surface area contributed by atoms with E-state index in [-0.39, 0.29) is 5.41 Å². The van der Waals surface area contributed by atoms with E-state index < -0.39 is 0 Å². The number of hydrogen-bond donors (Lipinski definition) is 0. The topological polar surface area (TPSA) is 3.24 Å². The molecule has 10 aromatic rings. The molecule has 1 aliphatic rings. The minimum Gasteiger partial charge on any atom is -0.311 e. The van der Waals surface area contributed by atoms with Crippen LogP contribution < -0.4 is 4.90 Å². The van der Waals surface area contributed by atoms with E-state index >= 15 is 0 Å². The maximum absolute atomic E-state index is 2.45. The van der Waals surface area contributed by atoms with Crippen LogP contribution in [0, 0.1) is 0 Å². The fraction of sp³-hybridized carbons (Fsp3) is 0.0357. The smallest absolute Gasteiger partial charge is 0.0462 e. The SMILES string of the molecule is CC1(c2ccc3c(c2)sc2ccccc23)c2ccccc2-c2ccc(-c3ccc(N(c4ccc(-c5ccccc5)cc4)c4ccc(-c5ccccc5)cc4)cc3)cc21. The van der Waals surface area contributed by atoms with Gasteiger partial charge in [0.1, 0.15) is 0 Å². The molecule has 11 rings (SSSR count). The zero-order valence-corrected chi connectivity index (χ0v) is 33.0. The number of nitrogens with zero attached hydrogens (tertiary/aromatic N) is 1. The lowest BCUT2D eigenvalue weighted by Gasteiger charge is -2.29. The molecular formula is C56H39NS. The number of anilines is 3. The molecular weight excluding hydrogens is 719 g/mol. The number of hydrogen-bond acceptors (Lipinski definition) is 2. The molecule has 0 saturated carbocycles. The Morgan fingerprint density at radius 2 is 0.810 bits per heavy atom. The van der Waals surface area contributed by atoms with Gasteiger partial charge in [0.05, 0.1) is 0 Å². The summed E-state index contributed by atoms with van der Waals surface area (Å²) in [6, 6.07) is 80.1. The third kappa shape index (κ3) is 5.68. The van der Waals surface area contributed by atoms with Crippen LogP contribution >= 0.6 is 11.3 Å². The van der Waals surface area contributed by atoms with Gasteiger partial charge < -0.3 is 4.90 Å². The van der Waals surface area contributed by atoms with Crippen LogP contribution in [0.15, 0.2) is 218 Å². The van der Waals surface area contributed by atoms with Gasteiger partial charge in [-0.3, -0.25) is 0 Å². The number of thiophene rings is 1. The molecule has 0 aliphatic heterocycles. The fourth-order valence-electron chi connectivity index (χ4n) is 9.14. The molecule has 1 aromatic heterocycles. The van der Waals surface area contributed by atoms with Crippen molar-refractivity contribution in [2.45, 2.75) is 12.3 Å². The van der Waals surface area contributed by atoms with Crippen LogP contribution in [-0.4, -0.2) is 0 Å². The Morgan fingerprint density at radius 1 is 0.345 bits per heavy atom. The predicted octanol–water partition coefficient (Wildman–Crippen LogP) is 15.9. The van der Waals surface area contributed by atoms with Gasteiger partial charge in [-0.25, -0.2) is 0 Å². The molecule has 1 heterocycles. The first kappa shape index (κ1) is 34.3. The minimum absolute atomic E-state index is 0.291. The van der Waals surface area contributed by atoms with Crippen molar-refractivity contribution >= 4 is 48.6 Å². The summed E-state index contributed by atoms with van der Waals surface area (Å²) in [6.45, 7) is 2.42. The van der Waals surface area contributed by atoms with E-state index in [1.165, 1.54) is 81.4 Å². The average Bonchev–Trinajstić information content (AvgIpc) is 3.80. The van der Waals surface area contributed by atoms with Crippen LogP contribution in [0.3, 0.4) is 0 Å². The van der Waals surface area contributed by atoms with Crippen molar-refractivity contribution < 1.29 is 0 Å². The average molecular weight is 758 g/mol. The Hall–Kier alpha value is -7.00. The summed E-state index contributed by atoms with van der Waals surface area (Å²) in [5.41, 5.74) is 17.0. The molecule has 1 aliphatic carbocycles. The van der Waals surface area contributed by atoms with Crippen LogP contribution in [0.5, 0.6) is 0 Å². The van der Waals surface area contributed by atoms with Crippen molar-refractivity contribution in [2.24, 2.45) is 0 Å². The minimum atomic E-state index is -0.291. The van der Waals surface area contributed by atoms with Gasteiger partial charge in [0.2, 0.25) is 0 Å². The zero-order chi connectivity index (χ0) is 38.6. The Labute approximate surface area is 343 Å². The first-order chi connectivity index (χ1) is 28.6. The molecule has 0 N–H and O–H groups in total. The molecule has 0 bridgehead atoms. The molecule has 0 fully saturated rings. The van der Waals surface area contributed by atoms with Crippen molar-refractivity contribution in [3.05, 3.63) is 235 Å². The second kappa shape index (κ2) is 13.9. The highest BCUT2D eigenvalue weighted by Crippen LogP contribution is 2.54.